The summed E-state index contributed by atoms with van der Waals surface area (Å²) >= 11 is 0. The zero-order valence-electron chi connectivity index (χ0n) is 13.9. The van der Waals surface area contributed by atoms with Gasteiger partial charge in [0.25, 0.3) is 0 Å². The monoisotopic (exact) mass is 387 g/mol. The molecule has 144 valence electrons. The van der Waals surface area contributed by atoms with E-state index in [4.69, 9.17) is 4.74 Å². The van der Waals surface area contributed by atoms with E-state index in [0.717, 1.165) is 5.56 Å². The zero-order valence-corrected chi connectivity index (χ0v) is 14.7. The van der Waals surface area contributed by atoms with Crippen LogP contribution in [-0.4, -0.2) is 69.7 Å². The molecule has 0 aliphatic carbocycles. The molecule has 25 heavy (non-hydrogen) atoms. The summed E-state index contributed by atoms with van der Waals surface area (Å²) < 4.78 is 85.5. The van der Waals surface area contributed by atoms with Crippen LogP contribution in [-0.2, 0) is 14.9 Å². The molecule has 1 aromatic rings. The molecular weight excluding hydrogens is 366 g/mol. The second kappa shape index (κ2) is 8.43. The molecule has 1 aliphatic heterocycles. The molecule has 0 radical (unpaired) electrons. The van der Waals surface area contributed by atoms with Gasteiger partial charge in [-0.3, -0.25) is 0 Å². The molecule has 10 heteroatoms. The van der Waals surface area contributed by atoms with Gasteiger partial charge in [0, 0.05) is 0 Å². The minimum atomic E-state index is -4.27. The third-order valence-electron chi connectivity index (χ3n) is 3.77. The van der Waals surface area contributed by atoms with Crippen molar-refractivity contribution in [2.75, 3.05) is 39.9 Å². The lowest BCUT2D eigenvalue weighted by Gasteiger charge is -2.39. The van der Waals surface area contributed by atoms with Crippen LogP contribution < -0.4 is 0 Å². The molecule has 0 spiro atoms. The summed E-state index contributed by atoms with van der Waals surface area (Å²) in [5, 5.41) is 0. The van der Waals surface area contributed by atoms with Crippen LogP contribution in [0.2, 0.25) is 0 Å². The Kier molecular flexibility index (Phi) is 7.36. The second-order valence-electron chi connectivity index (χ2n) is 6.17. The molecule has 2 rings (SSSR count). The minimum Gasteiger partial charge on any atom is -0.744 e. The first kappa shape index (κ1) is 21.8. The summed E-state index contributed by atoms with van der Waals surface area (Å²) in [6, 6.07) is 5.78. The van der Waals surface area contributed by atoms with E-state index in [2.05, 4.69) is 0 Å². The Bertz CT molecular complexity index is 644. The summed E-state index contributed by atoms with van der Waals surface area (Å²) in [4.78, 5) is -0.178. The maximum absolute atomic E-state index is 12.8. The lowest BCUT2D eigenvalue weighted by Crippen LogP contribution is -2.58. The van der Waals surface area contributed by atoms with Crippen molar-refractivity contribution in [2.45, 2.75) is 24.2 Å². The van der Waals surface area contributed by atoms with Gasteiger partial charge < -0.3 is 13.8 Å². The van der Waals surface area contributed by atoms with Gasteiger partial charge in [-0.25, -0.2) is 17.2 Å². The molecule has 0 unspecified atom stereocenters. The molecule has 0 N–H and O–H groups in total. The average Bonchev–Trinajstić information content (AvgIpc) is 2.47. The number of halogens is 4. The van der Waals surface area contributed by atoms with Crippen LogP contribution in [0.3, 0.4) is 0 Å². The lowest BCUT2D eigenvalue weighted by atomic mass is 10.2. The van der Waals surface area contributed by atoms with E-state index < -0.39 is 29.0 Å². The van der Waals surface area contributed by atoms with Gasteiger partial charge in [-0.05, 0) is 19.1 Å². The van der Waals surface area contributed by atoms with E-state index in [1.165, 1.54) is 12.1 Å². The molecule has 1 aliphatic rings. The van der Waals surface area contributed by atoms with Gasteiger partial charge in [0.1, 0.15) is 29.8 Å². The number of quaternary nitrogens is 1. The largest absolute Gasteiger partial charge is 0.744 e. The number of morpholine rings is 1. The molecule has 1 fully saturated rings. The minimum absolute atomic E-state index is 0.0443. The van der Waals surface area contributed by atoms with Crippen LogP contribution in [0.15, 0.2) is 29.2 Å². The van der Waals surface area contributed by atoms with Crippen molar-refractivity contribution in [3.63, 3.8) is 0 Å². The normalized spacial score (nSPS) is 17.8. The fourth-order valence-corrected chi connectivity index (χ4v) is 2.69. The number of nitrogens with zero attached hydrogens (tertiary/aromatic N) is 1. The highest BCUT2D eigenvalue weighted by molar-refractivity contribution is 7.85. The third-order valence-corrected chi connectivity index (χ3v) is 4.62. The summed E-state index contributed by atoms with van der Waals surface area (Å²) in [5.74, 6) is -3.90. The average molecular weight is 387 g/mol. The molecule has 1 aromatic carbocycles. The summed E-state index contributed by atoms with van der Waals surface area (Å²) in [5.41, 5.74) is 0.928. The van der Waals surface area contributed by atoms with E-state index >= 15 is 0 Å². The number of hydrogen-bond acceptors (Lipinski definition) is 4. The van der Waals surface area contributed by atoms with Gasteiger partial charge in [-0.2, -0.15) is 8.78 Å². The maximum atomic E-state index is 12.8. The van der Waals surface area contributed by atoms with E-state index in [0.29, 0.717) is 26.3 Å². The van der Waals surface area contributed by atoms with Crippen LogP contribution in [0.25, 0.3) is 0 Å². The molecule has 1 heterocycles. The van der Waals surface area contributed by atoms with Gasteiger partial charge in [-0.1, -0.05) is 17.7 Å². The Morgan fingerprint density at radius 2 is 1.68 bits per heavy atom. The van der Waals surface area contributed by atoms with Gasteiger partial charge in [0.05, 0.1) is 25.2 Å². The van der Waals surface area contributed by atoms with Gasteiger partial charge in [-0.15, -0.1) is 0 Å². The first-order valence-electron chi connectivity index (χ1n) is 7.46. The first-order chi connectivity index (χ1) is 11.4. The Morgan fingerprint density at radius 3 is 2.08 bits per heavy atom. The molecule has 0 atom stereocenters. The SMILES string of the molecule is C[N+]1(CC(F)(F)C(F)F)CCOCC1.Cc1ccc(S(=O)(=O)[O-])cc1. The van der Waals surface area contributed by atoms with E-state index in [-0.39, 0.29) is 9.38 Å². The predicted molar refractivity (Wildman–Crippen MR) is 81.7 cm³/mol. The van der Waals surface area contributed by atoms with Crippen molar-refractivity contribution in [3.05, 3.63) is 29.8 Å². The highest BCUT2D eigenvalue weighted by Gasteiger charge is 2.48. The van der Waals surface area contributed by atoms with Crippen LogP contribution in [0, 0.1) is 6.92 Å². The Morgan fingerprint density at radius 1 is 1.20 bits per heavy atom. The predicted octanol–water partition coefficient (Wildman–Crippen LogP) is 2.26. The van der Waals surface area contributed by atoms with Crippen LogP contribution in [0.4, 0.5) is 17.6 Å². The number of ether oxygens (including phenoxy) is 1. The molecule has 5 nitrogen and oxygen atoms in total. The fraction of sp³-hybridized carbons (Fsp3) is 0.600. The van der Waals surface area contributed by atoms with Crippen LogP contribution >= 0.6 is 0 Å². The molecule has 1 saturated heterocycles. The number of alkyl halides is 4. The maximum Gasteiger partial charge on any atom is 0.354 e. The summed E-state index contributed by atoms with van der Waals surface area (Å²) in [6.45, 7) is 2.45. The summed E-state index contributed by atoms with van der Waals surface area (Å²) in [6.07, 6.45) is -3.58. The molecule has 0 amide bonds. The lowest BCUT2D eigenvalue weighted by molar-refractivity contribution is -0.924. The topological polar surface area (TPSA) is 66.4 Å². The van der Waals surface area contributed by atoms with Crippen molar-refractivity contribution < 1.29 is 39.8 Å². The van der Waals surface area contributed by atoms with E-state index in [9.17, 15) is 30.5 Å². The van der Waals surface area contributed by atoms with Crippen molar-refractivity contribution in [1.82, 2.24) is 0 Å². The quantitative estimate of drug-likeness (QED) is 0.452. The molecule has 0 saturated carbocycles. The van der Waals surface area contributed by atoms with Crippen LogP contribution in [0.1, 0.15) is 5.56 Å². The van der Waals surface area contributed by atoms with Gasteiger partial charge in [0.2, 0.25) is 0 Å². The third kappa shape index (κ3) is 7.27. The molecular formula is C15H21F4NO4S. The first-order valence-corrected chi connectivity index (χ1v) is 8.86. The number of rotatable bonds is 4. The Labute approximate surface area is 144 Å². The second-order valence-corrected chi connectivity index (χ2v) is 7.55. The number of aryl methyl sites for hydroxylation is 1. The zero-order chi connectivity index (χ0) is 19.3. The standard InChI is InChI=1S/C8H14F4NO.C7H8O3S/c1-13(2-4-14-5-3-13)6-8(11,12)7(9)10;1-6-2-4-7(5-3-6)11(8,9)10/h7H,2-6H2,1H3;2-5H,1H3,(H,8,9,10)/q+1;/p-1. The van der Waals surface area contributed by atoms with Crippen molar-refractivity contribution >= 4 is 10.1 Å². The Hall–Kier alpha value is -1.23. The van der Waals surface area contributed by atoms with E-state index in [1.807, 2.05) is 6.92 Å². The molecule has 0 bridgehead atoms. The smallest absolute Gasteiger partial charge is 0.354 e. The van der Waals surface area contributed by atoms with E-state index in [1.54, 1.807) is 19.2 Å². The number of hydrogen-bond donors (Lipinski definition) is 0. The number of likely N-dealkylation sites (N-methyl/N-ethyl adjacent to an activating group) is 1. The van der Waals surface area contributed by atoms with Crippen molar-refractivity contribution in [1.29, 1.82) is 0 Å². The Balaban J connectivity index is 0.000000257. The van der Waals surface area contributed by atoms with Gasteiger partial charge in [0.15, 0.2) is 0 Å². The molecule has 0 aromatic heterocycles. The highest BCUT2D eigenvalue weighted by Crippen LogP contribution is 2.27. The van der Waals surface area contributed by atoms with Crippen molar-refractivity contribution in [3.8, 4) is 0 Å². The van der Waals surface area contributed by atoms with Crippen molar-refractivity contribution in [2.24, 2.45) is 0 Å². The fourth-order valence-electron chi connectivity index (χ4n) is 2.22. The van der Waals surface area contributed by atoms with Crippen LogP contribution in [0.5, 0.6) is 0 Å². The number of benzene rings is 1. The summed E-state index contributed by atoms with van der Waals surface area (Å²) in [7, 11) is -2.72. The van der Waals surface area contributed by atoms with Gasteiger partial charge >= 0.3 is 12.3 Å². The highest BCUT2D eigenvalue weighted by atomic mass is 32.2.